The van der Waals surface area contributed by atoms with E-state index in [1.54, 1.807) is 23.5 Å². The van der Waals surface area contributed by atoms with Gasteiger partial charge in [-0.3, -0.25) is 0 Å². The lowest BCUT2D eigenvalue weighted by Gasteiger charge is -2.38. The maximum absolute atomic E-state index is 12.9. The standard InChI is InChI=1S/C14H15FN2S/c15-11-4-2-10(3-5-11)12-8-18-13(17-12)14(9-16)6-1-7-14/h2-5,8H,1,6-7,9,16H2. The number of hydrogen-bond donors (Lipinski definition) is 1. The highest BCUT2D eigenvalue weighted by Crippen LogP contribution is 2.44. The van der Waals surface area contributed by atoms with Crippen LogP contribution in [0.1, 0.15) is 24.3 Å². The summed E-state index contributed by atoms with van der Waals surface area (Å²) in [7, 11) is 0. The number of halogens is 1. The fourth-order valence-electron chi connectivity index (χ4n) is 2.38. The maximum atomic E-state index is 12.9. The maximum Gasteiger partial charge on any atom is 0.123 e. The number of thiazole rings is 1. The van der Waals surface area contributed by atoms with E-state index in [1.807, 2.05) is 5.38 Å². The predicted molar refractivity (Wildman–Crippen MR) is 72.1 cm³/mol. The van der Waals surface area contributed by atoms with Crippen LogP contribution in [0.2, 0.25) is 0 Å². The molecular weight excluding hydrogens is 247 g/mol. The van der Waals surface area contributed by atoms with Gasteiger partial charge in [0.25, 0.3) is 0 Å². The first-order valence-electron chi connectivity index (χ1n) is 6.15. The number of rotatable bonds is 3. The molecule has 0 bridgehead atoms. The summed E-state index contributed by atoms with van der Waals surface area (Å²) in [5.74, 6) is -0.216. The Morgan fingerprint density at radius 3 is 2.56 bits per heavy atom. The predicted octanol–water partition coefficient (Wildman–Crippen LogP) is 3.33. The van der Waals surface area contributed by atoms with Crippen LogP contribution >= 0.6 is 11.3 Å². The van der Waals surface area contributed by atoms with Gasteiger partial charge in [0.15, 0.2) is 0 Å². The Kier molecular flexibility index (Phi) is 2.92. The summed E-state index contributed by atoms with van der Waals surface area (Å²) in [6, 6.07) is 6.47. The molecule has 0 unspecified atom stereocenters. The number of hydrogen-bond acceptors (Lipinski definition) is 3. The Balaban J connectivity index is 1.91. The van der Waals surface area contributed by atoms with E-state index < -0.39 is 0 Å². The number of aromatic nitrogens is 1. The van der Waals surface area contributed by atoms with Crippen LogP contribution in [0.4, 0.5) is 4.39 Å². The lowest BCUT2D eigenvalue weighted by atomic mass is 9.69. The van der Waals surface area contributed by atoms with Crippen LogP contribution in [-0.2, 0) is 5.41 Å². The summed E-state index contributed by atoms with van der Waals surface area (Å²) >= 11 is 1.67. The average molecular weight is 262 g/mol. The van der Waals surface area contributed by atoms with Crippen molar-refractivity contribution in [2.24, 2.45) is 5.73 Å². The summed E-state index contributed by atoms with van der Waals surface area (Å²) in [6.07, 6.45) is 3.52. The van der Waals surface area contributed by atoms with Gasteiger partial charge >= 0.3 is 0 Å². The zero-order valence-corrected chi connectivity index (χ0v) is 10.8. The fraction of sp³-hybridized carbons (Fsp3) is 0.357. The fourth-order valence-corrected chi connectivity index (χ4v) is 3.48. The molecule has 18 heavy (non-hydrogen) atoms. The molecule has 4 heteroatoms. The lowest BCUT2D eigenvalue weighted by Crippen LogP contribution is -2.41. The molecule has 1 fully saturated rings. The molecule has 1 aliphatic rings. The van der Waals surface area contributed by atoms with Crippen molar-refractivity contribution in [3.8, 4) is 11.3 Å². The molecule has 0 atom stereocenters. The second-order valence-electron chi connectivity index (χ2n) is 4.88. The Labute approximate surface area is 110 Å². The van der Waals surface area contributed by atoms with Gasteiger partial charge in [-0.2, -0.15) is 0 Å². The SMILES string of the molecule is NCC1(c2nc(-c3ccc(F)cc3)cs2)CCC1. The first-order chi connectivity index (χ1) is 8.73. The minimum absolute atomic E-state index is 0.114. The molecule has 94 valence electrons. The highest BCUT2D eigenvalue weighted by molar-refractivity contribution is 7.10. The summed E-state index contributed by atoms with van der Waals surface area (Å²) < 4.78 is 12.9. The third-order valence-corrected chi connectivity index (χ3v) is 4.89. The third kappa shape index (κ3) is 1.85. The van der Waals surface area contributed by atoms with Crippen LogP contribution in [0, 0.1) is 5.82 Å². The molecule has 1 heterocycles. The smallest absolute Gasteiger partial charge is 0.123 e. The van der Waals surface area contributed by atoms with Crippen molar-refractivity contribution in [3.05, 3.63) is 40.5 Å². The van der Waals surface area contributed by atoms with E-state index in [2.05, 4.69) is 0 Å². The molecule has 0 saturated heterocycles. The van der Waals surface area contributed by atoms with Crippen molar-refractivity contribution in [2.75, 3.05) is 6.54 Å². The van der Waals surface area contributed by atoms with E-state index in [1.165, 1.54) is 18.6 Å². The second-order valence-corrected chi connectivity index (χ2v) is 5.74. The van der Waals surface area contributed by atoms with Gasteiger partial charge in [0.05, 0.1) is 5.69 Å². The summed E-state index contributed by atoms with van der Waals surface area (Å²) in [6.45, 7) is 0.670. The van der Waals surface area contributed by atoms with E-state index in [9.17, 15) is 4.39 Å². The monoisotopic (exact) mass is 262 g/mol. The minimum atomic E-state index is -0.216. The van der Waals surface area contributed by atoms with Crippen molar-refractivity contribution >= 4 is 11.3 Å². The average Bonchev–Trinajstić information content (AvgIpc) is 2.79. The molecule has 0 spiro atoms. The van der Waals surface area contributed by atoms with Gasteiger partial charge in [-0.25, -0.2) is 9.37 Å². The van der Waals surface area contributed by atoms with Gasteiger partial charge in [0.2, 0.25) is 0 Å². The van der Waals surface area contributed by atoms with Crippen LogP contribution in [0.5, 0.6) is 0 Å². The molecular formula is C14H15FN2S. The summed E-state index contributed by atoms with van der Waals surface area (Å²) in [5.41, 5.74) is 7.89. The minimum Gasteiger partial charge on any atom is -0.329 e. The Hall–Kier alpha value is -1.26. The van der Waals surface area contributed by atoms with E-state index in [0.717, 1.165) is 29.1 Å². The Morgan fingerprint density at radius 1 is 1.28 bits per heavy atom. The van der Waals surface area contributed by atoms with Gasteiger partial charge in [-0.15, -0.1) is 11.3 Å². The Morgan fingerprint density at radius 2 is 2.00 bits per heavy atom. The number of nitrogens with two attached hydrogens (primary N) is 1. The summed E-state index contributed by atoms with van der Waals surface area (Å²) in [4.78, 5) is 4.69. The first-order valence-corrected chi connectivity index (χ1v) is 7.03. The number of benzene rings is 1. The molecule has 1 saturated carbocycles. The molecule has 0 radical (unpaired) electrons. The van der Waals surface area contributed by atoms with Gasteiger partial charge in [-0.1, -0.05) is 6.42 Å². The molecule has 2 N–H and O–H groups in total. The van der Waals surface area contributed by atoms with Gasteiger partial charge in [-0.05, 0) is 37.1 Å². The van der Waals surface area contributed by atoms with Crippen molar-refractivity contribution in [1.82, 2.24) is 4.98 Å². The zero-order valence-electron chi connectivity index (χ0n) is 10.0. The van der Waals surface area contributed by atoms with Crippen molar-refractivity contribution in [1.29, 1.82) is 0 Å². The largest absolute Gasteiger partial charge is 0.329 e. The molecule has 1 aliphatic carbocycles. The van der Waals surface area contributed by atoms with E-state index >= 15 is 0 Å². The van der Waals surface area contributed by atoms with E-state index in [4.69, 9.17) is 10.7 Å². The summed E-state index contributed by atoms with van der Waals surface area (Å²) in [5, 5.41) is 3.17. The van der Waals surface area contributed by atoms with Gasteiger partial charge in [0.1, 0.15) is 10.8 Å². The van der Waals surface area contributed by atoms with Gasteiger partial charge in [0, 0.05) is 22.9 Å². The first kappa shape index (κ1) is 11.8. The molecule has 1 aromatic carbocycles. The normalized spacial score (nSPS) is 17.4. The molecule has 0 amide bonds. The van der Waals surface area contributed by atoms with Gasteiger partial charge < -0.3 is 5.73 Å². The van der Waals surface area contributed by atoms with Crippen molar-refractivity contribution in [2.45, 2.75) is 24.7 Å². The van der Waals surface area contributed by atoms with E-state index in [-0.39, 0.29) is 11.2 Å². The van der Waals surface area contributed by atoms with Crippen LogP contribution in [0.3, 0.4) is 0 Å². The van der Waals surface area contributed by atoms with Crippen LogP contribution in [0.25, 0.3) is 11.3 Å². The third-order valence-electron chi connectivity index (χ3n) is 3.80. The highest BCUT2D eigenvalue weighted by Gasteiger charge is 2.39. The lowest BCUT2D eigenvalue weighted by molar-refractivity contribution is 0.252. The number of nitrogens with zero attached hydrogens (tertiary/aromatic N) is 1. The van der Waals surface area contributed by atoms with Crippen LogP contribution in [-0.4, -0.2) is 11.5 Å². The van der Waals surface area contributed by atoms with E-state index in [0.29, 0.717) is 6.54 Å². The molecule has 2 nitrogen and oxygen atoms in total. The molecule has 0 aliphatic heterocycles. The van der Waals surface area contributed by atoms with Crippen molar-refractivity contribution < 1.29 is 4.39 Å². The van der Waals surface area contributed by atoms with Crippen molar-refractivity contribution in [3.63, 3.8) is 0 Å². The molecule has 3 rings (SSSR count). The zero-order chi connectivity index (χ0) is 12.6. The van der Waals surface area contributed by atoms with Crippen LogP contribution in [0.15, 0.2) is 29.6 Å². The highest BCUT2D eigenvalue weighted by atomic mass is 32.1. The topological polar surface area (TPSA) is 38.9 Å². The quantitative estimate of drug-likeness (QED) is 0.921. The molecule has 1 aromatic heterocycles. The second kappa shape index (κ2) is 4.44. The Bertz CT molecular complexity index is 538. The van der Waals surface area contributed by atoms with Crippen LogP contribution < -0.4 is 5.73 Å². The molecule has 2 aromatic rings.